The summed E-state index contributed by atoms with van der Waals surface area (Å²) in [5.41, 5.74) is 27.0. The smallest absolute Gasteiger partial charge is 0.253 e. The van der Waals surface area contributed by atoms with E-state index < -0.39 is 0 Å². The van der Waals surface area contributed by atoms with Crippen molar-refractivity contribution in [3.8, 4) is 11.1 Å². The second-order valence-corrected chi connectivity index (χ2v) is 29.4. The summed E-state index contributed by atoms with van der Waals surface area (Å²) in [6.45, 7) is 38.1. The third kappa shape index (κ3) is 6.04. The van der Waals surface area contributed by atoms with E-state index in [2.05, 4.69) is 210 Å². The highest BCUT2D eigenvalue weighted by Crippen LogP contribution is 2.62. The van der Waals surface area contributed by atoms with Gasteiger partial charge in [-0.25, -0.2) is 0 Å². The Morgan fingerprint density at radius 2 is 0.957 bits per heavy atom. The summed E-state index contributed by atoms with van der Waals surface area (Å²) in [5.74, 6) is 0. The van der Waals surface area contributed by atoms with Crippen LogP contribution in [0, 0.1) is 6.92 Å². The Morgan fingerprint density at radius 3 is 1.61 bits per heavy atom. The molecule has 7 aliphatic rings. The predicted molar refractivity (Wildman–Crippen MR) is 303 cm³/mol. The van der Waals surface area contributed by atoms with Crippen LogP contribution >= 0.6 is 11.3 Å². The van der Waals surface area contributed by atoms with Crippen molar-refractivity contribution in [1.82, 2.24) is 0 Å². The highest BCUT2D eigenvalue weighted by molar-refractivity contribution is 7.20. The molecule has 0 radical (unpaired) electrons. The van der Waals surface area contributed by atoms with Crippen molar-refractivity contribution in [2.24, 2.45) is 0 Å². The lowest BCUT2D eigenvalue weighted by Gasteiger charge is -2.50. The minimum absolute atomic E-state index is 0.0368. The van der Waals surface area contributed by atoms with Crippen molar-refractivity contribution in [3.05, 3.63) is 134 Å². The molecule has 0 saturated heterocycles. The molecule has 4 heteroatoms. The first kappa shape index (κ1) is 45.3. The molecule has 3 aliphatic heterocycles. The number of anilines is 6. The van der Waals surface area contributed by atoms with E-state index in [0.29, 0.717) is 0 Å². The van der Waals surface area contributed by atoms with Gasteiger partial charge in [0.1, 0.15) is 0 Å². The zero-order valence-corrected chi connectivity index (χ0v) is 46.1. The van der Waals surface area contributed by atoms with Gasteiger partial charge in [-0.2, -0.15) is 0 Å². The molecule has 0 amide bonds. The molecule has 2 bridgehead atoms. The largest absolute Gasteiger partial charge is 0.311 e. The lowest BCUT2D eigenvalue weighted by molar-refractivity contribution is 0.211. The summed E-state index contributed by atoms with van der Waals surface area (Å²) >= 11 is 2.16. The summed E-state index contributed by atoms with van der Waals surface area (Å²) < 4.78 is 0. The first-order chi connectivity index (χ1) is 32.8. The van der Waals surface area contributed by atoms with E-state index in [1.807, 2.05) is 0 Å². The normalized spacial score (nSPS) is 25.8. The fraction of sp³-hybridized carbons (Fsp3) is 0.485. The number of hydrogen-bond acceptors (Lipinski definition) is 3. The van der Waals surface area contributed by atoms with E-state index in [0.717, 1.165) is 0 Å². The third-order valence-electron chi connectivity index (χ3n) is 20.6. The van der Waals surface area contributed by atoms with Crippen LogP contribution in [-0.2, 0) is 43.3 Å². The fourth-order valence-corrected chi connectivity index (χ4v) is 17.6. The first-order valence-electron chi connectivity index (χ1n) is 27.3. The van der Waals surface area contributed by atoms with Gasteiger partial charge in [-0.15, -0.1) is 11.3 Å². The molecule has 5 aromatic carbocycles. The number of thiophene rings is 1. The van der Waals surface area contributed by atoms with Crippen LogP contribution in [0.25, 0.3) is 11.1 Å². The van der Waals surface area contributed by atoms with Crippen molar-refractivity contribution in [1.29, 1.82) is 0 Å². The van der Waals surface area contributed by atoms with E-state index in [4.69, 9.17) is 0 Å². The summed E-state index contributed by atoms with van der Waals surface area (Å²) in [6.07, 6.45) is 10.9. The SMILES string of the molecule is Cc1cc2c(cc1N1c3cc4c5cc3B3c6c1cc(-c1ccccc1)cc6N(c1ccc6c(c1)C(C)(C)CCC6(C)C)c1sc6c(c13)C(C)(CCC6(C)C)CC5(C)CCC4(C)C)C(C)(C)CCC2(C)C. The monoisotopic (exact) mass is 941 g/mol. The van der Waals surface area contributed by atoms with E-state index in [-0.39, 0.29) is 50.0 Å². The Kier molecular flexibility index (Phi) is 9.03. The summed E-state index contributed by atoms with van der Waals surface area (Å²) in [7, 11) is 0. The molecule has 2 nitrogen and oxygen atoms in total. The average Bonchev–Trinajstić information content (AvgIpc) is 3.73. The van der Waals surface area contributed by atoms with E-state index in [1.165, 1.54) is 141 Å². The molecular weight excluding hydrogens is 864 g/mol. The Balaban J connectivity index is 1.21. The second kappa shape index (κ2) is 13.9. The molecule has 2 unspecified atom stereocenters. The molecule has 2 atom stereocenters. The lowest BCUT2D eigenvalue weighted by Crippen LogP contribution is -2.62. The maximum absolute atomic E-state index is 2.82. The second-order valence-electron chi connectivity index (χ2n) is 28.4. The van der Waals surface area contributed by atoms with Gasteiger partial charge in [-0.1, -0.05) is 145 Å². The zero-order chi connectivity index (χ0) is 49.2. The van der Waals surface area contributed by atoms with E-state index in [1.54, 1.807) is 27.0 Å². The topological polar surface area (TPSA) is 6.48 Å². The average molecular weight is 941 g/mol. The Hall–Kier alpha value is -4.54. The minimum atomic E-state index is 0.0368. The van der Waals surface area contributed by atoms with Gasteiger partial charge < -0.3 is 9.80 Å². The number of fused-ring (bicyclic) bond motifs is 2. The summed E-state index contributed by atoms with van der Waals surface area (Å²) in [5, 5.41) is 1.46. The van der Waals surface area contributed by atoms with Gasteiger partial charge in [-0.3, -0.25) is 0 Å². The van der Waals surface area contributed by atoms with Gasteiger partial charge in [0, 0.05) is 33.3 Å². The van der Waals surface area contributed by atoms with Crippen LogP contribution in [0.3, 0.4) is 0 Å². The number of rotatable bonds is 3. The highest BCUT2D eigenvalue weighted by atomic mass is 32.1. The van der Waals surface area contributed by atoms with Crippen molar-refractivity contribution in [3.63, 3.8) is 0 Å². The molecule has 0 spiro atoms. The van der Waals surface area contributed by atoms with Gasteiger partial charge in [0.15, 0.2) is 0 Å². The van der Waals surface area contributed by atoms with Crippen LogP contribution in [-0.4, -0.2) is 6.71 Å². The molecule has 0 saturated carbocycles. The maximum Gasteiger partial charge on any atom is 0.253 e. The molecule has 1 aromatic heterocycles. The summed E-state index contributed by atoms with van der Waals surface area (Å²) in [4.78, 5) is 7.27. The number of nitrogens with zero attached hydrogens (tertiary/aromatic N) is 2. The minimum Gasteiger partial charge on any atom is -0.311 e. The quantitative estimate of drug-likeness (QED) is 0.163. The van der Waals surface area contributed by atoms with Crippen LogP contribution in [0.1, 0.15) is 204 Å². The van der Waals surface area contributed by atoms with Crippen molar-refractivity contribution in [2.75, 3.05) is 9.80 Å². The number of hydrogen-bond donors (Lipinski definition) is 0. The van der Waals surface area contributed by atoms with E-state index >= 15 is 0 Å². The van der Waals surface area contributed by atoms with Crippen LogP contribution in [0.15, 0.2) is 84.9 Å². The Morgan fingerprint density at radius 1 is 0.429 bits per heavy atom. The first-order valence-corrected chi connectivity index (χ1v) is 28.1. The zero-order valence-electron chi connectivity index (χ0n) is 45.3. The van der Waals surface area contributed by atoms with Gasteiger partial charge in [0.05, 0.1) is 5.00 Å². The standard InChI is InChI=1S/C66H77BN2S/c1-39-31-44-46(62(8,9)26-25-60(44,4)5)36-50(39)69-51-37-47-48-35-49(51)67-55-52(32-41(33-53(55)69)40-19-17-16-18-20-40)68(42-21-22-43-45(34-42)61(6,7)24-23-59(43,2)3)58-56(67)54-57(70-58)64(12,13)28-30-66(54,15)38-65(48,14)29-27-63(47,10)11/h16-22,31-37H,23-30,38H2,1-15H3. The molecule has 70 heavy (non-hydrogen) atoms. The number of benzene rings is 5. The molecule has 0 fully saturated rings. The van der Waals surface area contributed by atoms with Gasteiger partial charge >= 0.3 is 0 Å². The van der Waals surface area contributed by atoms with Gasteiger partial charge in [0.2, 0.25) is 0 Å². The molecule has 4 aliphatic carbocycles. The number of aryl methyl sites for hydroxylation is 1. The molecule has 6 aromatic rings. The molecule has 360 valence electrons. The lowest BCUT2D eigenvalue weighted by atomic mass is 9.32. The maximum atomic E-state index is 2.82. The third-order valence-corrected chi connectivity index (χ3v) is 22.2. The Labute approximate surface area is 425 Å². The summed E-state index contributed by atoms with van der Waals surface area (Å²) in [6, 6.07) is 35.1. The van der Waals surface area contributed by atoms with Crippen LogP contribution in [0.4, 0.5) is 33.4 Å². The van der Waals surface area contributed by atoms with Crippen LogP contribution in [0.5, 0.6) is 0 Å². The van der Waals surface area contributed by atoms with Crippen molar-refractivity contribution in [2.45, 2.75) is 205 Å². The van der Waals surface area contributed by atoms with Gasteiger partial charge in [0.25, 0.3) is 6.71 Å². The van der Waals surface area contributed by atoms with Crippen LogP contribution in [0.2, 0.25) is 0 Å². The highest BCUT2D eigenvalue weighted by Gasteiger charge is 2.57. The molecule has 13 rings (SSSR count). The molecule has 0 N–H and O–H groups in total. The Bertz CT molecular complexity index is 3270. The molecule has 4 heterocycles. The predicted octanol–water partition coefficient (Wildman–Crippen LogP) is 16.6. The van der Waals surface area contributed by atoms with Crippen molar-refractivity contribution < 1.29 is 0 Å². The molecular formula is C66H77BN2S. The van der Waals surface area contributed by atoms with Crippen LogP contribution < -0.4 is 26.2 Å². The van der Waals surface area contributed by atoms with Gasteiger partial charge in [-0.05, 0) is 216 Å². The van der Waals surface area contributed by atoms with Crippen molar-refractivity contribution >= 4 is 67.9 Å². The van der Waals surface area contributed by atoms with E-state index in [9.17, 15) is 0 Å². The fourth-order valence-electron chi connectivity index (χ4n) is 15.9.